The Morgan fingerprint density at radius 1 is 1.21 bits per heavy atom. The second-order valence-electron chi connectivity index (χ2n) is 8.13. The molecule has 1 atom stereocenters. The first kappa shape index (κ1) is 22.6. The van der Waals surface area contributed by atoms with Crippen molar-refractivity contribution in [3.05, 3.63) is 69.8 Å². The van der Waals surface area contributed by atoms with Crippen LogP contribution in [0, 0.1) is 23.6 Å². The Morgan fingerprint density at radius 3 is 2.91 bits per heavy atom. The standard InChI is InChI=1S/C26H22ClFN4OS/c27-21-12-18(7-9-23(21)33-15-17-3-1-5-19(28)11-17)26-31-22-13-20(34-24(22)25(29)32-26)8-6-16-4-2-10-30-14-16/h1,3,5,7,9,11-13,16,30H,2,4,10,14-15H2,(H2,29,31,32). The van der Waals surface area contributed by atoms with E-state index < -0.39 is 0 Å². The van der Waals surface area contributed by atoms with Crippen LogP contribution in [0.25, 0.3) is 21.6 Å². The fourth-order valence-corrected chi connectivity index (χ4v) is 4.93. The van der Waals surface area contributed by atoms with Crippen LogP contribution in [0.1, 0.15) is 23.3 Å². The number of halogens is 2. The predicted octanol–water partition coefficient (Wildman–Crippen LogP) is 5.66. The van der Waals surface area contributed by atoms with E-state index in [4.69, 9.17) is 27.1 Å². The Kier molecular flexibility index (Phi) is 6.63. The van der Waals surface area contributed by atoms with E-state index in [1.807, 2.05) is 12.1 Å². The lowest BCUT2D eigenvalue weighted by molar-refractivity contribution is 0.306. The van der Waals surface area contributed by atoms with Crippen LogP contribution < -0.4 is 15.8 Å². The molecule has 8 heteroatoms. The van der Waals surface area contributed by atoms with Crippen molar-refractivity contribution in [2.45, 2.75) is 19.4 Å². The second-order valence-corrected chi connectivity index (χ2v) is 9.59. The van der Waals surface area contributed by atoms with Gasteiger partial charge in [-0.3, -0.25) is 0 Å². The summed E-state index contributed by atoms with van der Waals surface area (Å²) in [5.41, 5.74) is 8.46. The third-order valence-electron chi connectivity index (χ3n) is 5.57. The van der Waals surface area contributed by atoms with Gasteiger partial charge in [-0.1, -0.05) is 35.6 Å². The molecule has 1 unspecified atom stereocenters. The first-order valence-corrected chi connectivity index (χ1v) is 12.2. The fourth-order valence-electron chi connectivity index (χ4n) is 3.84. The van der Waals surface area contributed by atoms with Gasteiger partial charge in [0.2, 0.25) is 0 Å². The van der Waals surface area contributed by atoms with Crippen LogP contribution in [0.2, 0.25) is 5.02 Å². The van der Waals surface area contributed by atoms with E-state index in [0.717, 1.165) is 52.2 Å². The number of nitrogens with one attached hydrogen (secondary N) is 1. The maximum Gasteiger partial charge on any atom is 0.162 e. The molecule has 172 valence electrons. The van der Waals surface area contributed by atoms with E-state index in [1.165, 1.54) is 23.5 Å². The van der Waals surface area contributed by atoms with Gasteiger partial charge in [0.25, 0.3) is 0 Å². The smallest absolute Gasteiger partial charge is 0.162 e. The van der Waals surface area contributed by atoms with Crippen molar-refractivity contribution in [2.24, 2.45) is 5.92 Å². The molecule has 3 heterocycles. The zero-order chi connectivity index (χ0) is 23.5. The predicted molar refractivity (Wildman–Crippen MR) is 135 cm³/mol. The SMILES string of the molecule is Nc1nc(-c2ccc(OCc3cccc(F)c3)c(Cl)c2)nc2cc(C#CC3CCCNC3)sc12. The number of nitrogens with zero attached hydrogens (tertiary/aromatic N) is 2. The molecule has 1 fully saturated rings. The summed E-state index contributed by atoms with van der Waals surface area (Å²) in [5.74, 6) is 8.11. The molecule has 0 aliphatic carbocycles. The fraction of sp³-hybridized carbons (Fsp3) is 0.231. The maximum atomic E-state index is 13.4. The van der Waals surface area contributed by atoms with E-state index in [0.29, 0.717) is 28.3 Å². The summed E-state index contributed by atoms with van der Waals surface area (Å²) >= 11 is 7.96. The number of rotatable bonds is 4. The molecule has 3 N–H and O–H groups in total. The number of thiophene rings is 1. The number of fused-ring (bicyclic) bond motifs is 1. The minimum atomic E-state index is -0.304. The van der Waals surface area contributed by atoms with E-state index in [-0.39, 0.29) is 12.4 Å². The van der Waals surface area contributed by atoms with E-state index >= 15 is 0 Å². The third kappa shape index (κ3) is 5.15. The van der Waals surface area contributed by atoms with Crippen LogP contribution in [-0.4, -0.2) is 23.1 Å². The van der Waals surface area contributed by atoms with Crippen LogP contribution in [0.4, 0.5) is 10.2 Å². The third-order valence-corrected chi connectivity index (χ3v) is 6.93. The molecular formula is C26H22ClFN4OS. The van der Waals surface area contributed by atoms with Gasteiger partial charge in [0.15, 0.2) is 5.82 Å². The van der Waals surface area contributed by atoms with Crippen LogP contribution in [0.15, 0.2) is 48.5 Å². The highest BCUT2D eigenvalue weighted by Crippen LogP contribution is 2.33. The van der Waals surface area contributed by atoms with Crippen molar-refractivity contribution in [3.63, 3.8) is 0 Å². The van der Waals surface area contributed by atoms with Crippen molar-refractivity contribution >= 4 is 39.0 Å². The van der Waals surface area contributed by atoms with E-state index in [9.17, 15) is 4.39 Å². The number of hydrogen-bond donors (Lipinski definition) is 2. The zero-order valence-electron chi connectivity index (χ0n) is 18.3. The van der Waals surface area contributed by atoms with Gasteiger partial charge >= 0.3 is 0 Å². The molecule has 0 radical (unpaired) electrons. The monoisotopic (exact) mass is 492 g/mol. The Morgan fingerprint density at radius 2 is 2.12 bits per heavy atom. The number of aromatic nitrogens is 2. The van der Waals surface area contributed by atoms with Crippen molar-refractivity contribution in [3.8, 4) is 29.0 Å². The van der Waals surface area contributed by atoms with Crippen LogP contribution in [0.3, 0.4) is 0 Å². The van der Waals surface area contributed by atoms with Gasteiger partial charge in [0.1, 0.15) is 24.0 Å². The lowest BCUT2D eigenvalue weighted by atomic mass is 10.0. The Bertz CT molecular complexity index is 1410. The molecular weight excluding hydrogens is 471 g/mol. The number of hydrogen-bond acceptors (Lipinski definition) is 6. The van der Waals surface area contributed by atoms with Gasteiger partial charge < -0.3 is 15.8 Å². The van der Waals surface area contributed by atoms with Crippen molar-refractivity contribution in [2.75, 3.05) is 18.8 Å². The van der Waals surface area contributed by atoms with Gasteiger partial charge in [-0.15, -0.1) is 11.3 Å². The number of ether oxygens (including phenoxy) is 1. The topological polar surface area (TPSA) is 73.1 Å². The van der Waals surface area contributed by atoms with Gasteiger partial charge in [0, 0.05) is 18.0 Å². The van der Waals surface area contributed by atoms with Crippen molar-refractivity contribution in [1.29, 1.82) is 0 Å². The molecule has 34 heavy (non-hydrogen) atoms. The van der Waals surface area contributed by atoms with Crippen LogP contribution >= 0.6 is 22.9 Å². The molecule has 5 rings (SSSR count). The lowest BCUT2D eigenvalue weighted by Crippen LogP contribution is -2.28. The number of nitrogens with two attached hydrogens (primary N) is 1. The highest BCUT2D eigenvalue weighted by atomic mass is 35.5. The van der Waals surface area contributed by atoms with E-state index in [2.05, 4.69) is 22.1 Å². The summed E-state index contributed by atoms with van der Waals surface area (Å²) < 4.78 is 20.0. The quantitative estimate of drug-likeness (QED) is 0.359. The summed E-state index contributed by atoms with van der Waals surface area (Å²) in [6.45, 7) is 2.22. The molecule has 1 aliphatic rings. The summed E-state index contributed by atoms with van der Waals surface area (Å²) in [6, 6.07) is 13.5. The molecule has 0 spiro atoms. The second kappa shape index (κ2) is 9.98. The summed E-state index contributed by atoms with van der Waals surface area (Å²) in [7, 11) is 0. The number of nitrogen functional groups attached to an aromatic ring is 1. The normalized spacial score (nSPS) is 15.6. The molecule has 2 aromatic heterocycles. The first-order chi connectivity index (χ1) is 16.5. The minimum absolute atomic E-state index is 0.210. The number of piperidine rings is 1. The molecule has 5 nitrogen and oxygen atoms in total. The molecule has 0 saturated carbocycles. The lowest BCUT2D eigenvalue weighted by Gasteiger charge is -2.17. The highest BCUT2D eigenvalue weighted by molar-refractivity contribution is 7.20. The summed E-state index contributed by atoms with van der Waals surface area (Å²) in [5, 5.41) is 3.79. The first-order valence-electron chi connectivity index (χ1n) is 11.0. The largest absolute Gasteiger partial charge is 0.487 e. The molecule has 1 saturated heterocycles. The summed E-state index contributed by atoms with van der Waals surface area (Å²) in [4.78, 5) is 10.1. The number of benzene rings is 2. The summed E-state index contributed by atoms with van der Waals surface area (Å²) in [6.07, 6.45) is 2.28. The van der Waals surface area contributed by atoms with Crippen molar-refractivity contribution in [1.82, 2.24) is 15.3 Å². The molecule has 2 aromatic carbocycles. The number of anilines is 1. The molecule has 0 bridgehead atoms. The Hall–Kier alpha value is -3.18. The highest BCUT2D eigenvalue weighted by Gasteiger charge is 2.14. The minimum Gasteiger partial charge on any atom is -0.487 e. The van der Waals surface area contributed by atoms with Gasteiger partial charge in [-0.25, -0.2) is 14.4 Å². The van der Waals surface area contributed by atoms with Gasteiger partial charge in [-0.2, -0.15) is 0 Å². The Balaban J connectivity index is 1.36. The van der Waals surface area contributed by atoms with Gasteiger partial charge in [0.05, 0.1) is 20.1 Å². The van der Waals surface area contributed by atoms with E-state index in [1.54, 1.807) is 24.3 Å². The Labute approximate surface area is 206 Å². The maximum absolute atomic E-state index is 13.4. The molecule has 0 amide bonds. The van der Waals surface area contributed by atoms with Crippen LogP contribution in [0.5, 0.6) is 5.75 Å². The average molecular weight is 493 g/mol. The molecule has 1 aliphatic heterocycles. The average Bonchev–Trinajstić information content (AvgIpc) is 3.26. The van der Waals surface area contributed by atoms with Crippen LogP contribution in [-0.2, 0) is 6.61 Å². The van der Waals surface area contributed by atoms with Crippen molar-refractivity contribution < 1.29 is 9.13 Å². The molecule has 4 aromatic rings. The zero-order valence-corrected chi connectivity index (χ0v) is 19.8. The van der Waals surface area contributed by atoms with Gasteiger partial charge in [-0.05, 0) is 61.3 Å².